The number of ketones is 1. The quantitative estimate of drug-likeness (QED) is 0.557. The Morgan fingerprint density at radius 2 is 2.31 bits per heavy atom. The second-order valence-electron chi connectivity index (χ2n) is 2.81. The minimum absolute atomic E-state index is 0.00546. The minimum Gasteiger partial charge on any atom is -0.289 e. The van der Waals surface area contributed by atoms with E-state index in [0.29, 0.717) is 5.57 Å². The monoisotopic (exact) mass is 188 g/mol. The van der Waals surface area contributed by atoms with Gasteiger partial charge in [-0.1, -0.05) is 0 Å². The van der Waals surface area contributed by atoms with Gasteiger partial charge in [-0.25, -0.2) is 4.98 Å². The number of aromatic nitrogens is 1. The highest BCUT2D eigenvalue weighted by Crippen LogP contribution is 2.17. The van der Waals surface area contributed by atoms with E-state index in [4.69, 9.17) is 0 Å². The number of hydrogen-bond donors (Lipinski definition) is 0. The van der Waals surface area contributed by atoms with Gasteiger partial charge in [0.05, 0.1) is 21.0 Å². The summed E-state index contributed by atoms with van der Waals surface area (Å²) in [5.74, 6) is 0.00546. The molecule has 0 radical (unpaired) electrons. The molecular formula is C9H4N2OS. The Balaban J connectivity index is 2.59. The molecule has 1 aromatic heterocycles. The van der Waals surface area contributed by atoms with Crippen LogP contribution in [0.1, 0.15) is 0 Å². The lowest BCUT2D eigenvalue weighted by Gasteiger charge is -2.00. The number of rotatable bonds is 0. The number of allylic oxidation sites excluding steroid dienone is 1. The Kier molecular flexibility index (Phi) is 1.19. The van der Waals surface area contributed by atoms with Crippen molar-refractivity contribution in [2.24, 2.45) is 4.99 Å². The molecule has 0 unspecified atom stereocenters. The first-order valence-electron chi connectivity index (χ1n) is 3.80. The molecule has 2 heterocycles. The van der Waals surface area contributed by atoms with E-state index >= 15 is 0 Å². The highest BCUT2D eigenvalue weighted by molar-refractivity contribution is 7.07. The molecule has 0 saturated heterocycles. The summed E-state index contributed by atoms with van der Waals surface area (Å²) in [4.78, 5) is 19.5. The molecule has 0 spiro atoms. The average Bonchev–Trinajstić information content (AvgIpc) is 2.66. The number of hydrogen-bond acceptors (Lipinski definition) is 4. The third-order valence-electron chi connectivity index (χ3n) is 2.07. The molecule has 1 aliphatic heterocycles. The topological polar surface area (TPSA) is 42.3 Å². The zero-order valence-electron chi connectivity index (χ0n) is 6.52. The second kappa shape index (κ2) is 2.23. The van der Waals surface area contributed by atoms with Gasteiger partial charge in [-0.2, -0.15) is 0 Å². The molecule has 3 rings (SSSR count). The summed E-state index contributed by atoms with van der Waals surface area (Å²) in [6, 6.07) is 0. The predicted octanol–water partition coefficient (Wildman–Crippen LogP) is -0.375. The molecule has 13 heavy (non-hydrogen) atoms. The molecule has 0 aromatic carbocycles. The molecule has 0 N–H and O–H groups in total. The Bertz CT molecular complexity index is 577. The number of aliphatic imine (C=N–C) groups is 1. The maximum absolute atomic E-state index is 11.5. The van der Waals surface area contributed by atoms with Gasteiger partial charge in [-0.15, -0.1) is 11.3 Å². The van der Waals surface area contributed by atoms with Crippen molar-refractivity contribution in [2.75, 3.05) is 0 Å². The van der Waals surface area contributed by atoms with Crippen LogP contribution in [0.15, 0.2) is 22.3 Å². The Morgan fingerprint density at radius 1 is 1.38 bits per heavy atom. The lowest BCUT2D eigenvalue weighted by atomic mass is 10.0. The summed E-state index contributed by atoms with van der Waals surface area (Å²) in [6.07, 6.45) is 4.89. The molecule has 2 aliphatic rings. The van der Waals surface area contributed by atoms with Gasteiger partial charge in [0, 0.05) is 24.1 Å². The normalized spacial score (nSPS) is 18.0. The highest BCUT2D eigenvalue weighted by Gasteiger charge is 2.20. The molecular weight excluding hydrogens is 184 g/mol. The highest BCUT2D eigenvalue weighted by atomic mass is 32.1. The summed E-state index contributed by atoms with van der Waals surface area (Å²) in [6.45, 7) is 0. The van der Waals surface area contributed by atoms with Crippen LogP contribution >= 0.6 is 11.3 Å². The van der Waals surface area contributed by atoms with E-state index in [1.807, 2.05) is 0 Å². The van der Waals surface area contributed by atoms with Crippen LogP contribution in [0, 0.1) is 0 Å². The number of fused-ring (bicyclic) bond motifs is 2. The van der Waals surface area contributed by atoms with Crippen LogP contribution in [0.3, 0.4) is 0 Å². The van der Waals surface area contributed by atoms with Gasteiger partial charge in [0.15, 0.2) is 5.78 Å². The van der Waals surface area contributed by atoms with Gasteiger partial charge < -0.3 is 0 Å². The summed E-state index contributed by atoms with van der Waals surface area (Å²) in [7, 11) is 0. The van der Waals surface area contributed by atoms with Crippen molar-refractivity contribution in [3.63, 3.8) is 0 Å². The standard InChI is InChI=1S/C9H4N2OS/c12-8-1-7-9(13-4-11-7)6-3-10-2-5(6)8/h1-4H. The van der Waals surface area contributed by atoms with Crippen molar-refractivity contribution in [3.8, 4) is 0 Å². The lowest BCUT2D eigenvalue weighted by Crippen LogP contribution is -2.30. The minimum atomic E-state index is 0.00546. The summed E-state index contributed by atoms with van der Waals surface area (Å²) >= 11 is 1.54. The largest absolute Gasteiger partial charge is 0.289 e. The van der Waals surface area contributed by atoms with Gasteiger partial charge in [0.2, 0.25) is 0 Å². The van der Waals surface area contributed by atoms with Crippen molar-refractivity contribution < 1.29 is 4.79 Å². The van der Waals surface area contributed by atoms with Gasteiger partial charge in [-0.3, -0.25) is 9.79 Å². The van der Waals surface area contributed by atoms with Crippen LogP contribution in [0.5, 0.6) is 0 Å². The van der Waals surface area contributed by atoms with E-state index in [9.17, 15) is 4.79 Å². The Hall–Kier alpha value is -1.55. The number of carbonyl (C=O) groups is 1. The summed E-state index contributed by atoms with van der Waals surface area (Å²) in [5, 5.41) is 0.774. The third kappa shape index (κ3) is 0.805. The van der Waals surface area contributed by atoms with Gasteiger partial charge in [0.25, 0.3) is 0 Å². The van der Waals surface area contributed by atoms with Crippen LogP contribution in [0.25, 0.3) is 11.6 Å². The molecule has 0 fully saturated rings. The molecule has 0 amide bonds. The molecule has 62 valence electrons. The van der Waals surface area contributed by atoms with E-state index in [1.54, 1.807) is 35.3 Å². The molecule has 3 nitrogen and oxygen atoms in total. The van der Waals surface area contributed by atoms with Crippen LogP contribution in [-0.4, -0.2) is 17.0 Å². The molecule has 0 saturated carbocycles. The van der Waals surface area contributed by atoms with Crippen molar-refractivity contribution in [2.45, 2.75) is 0 Å². The average molecular weight is 188 g/mol. The van der Waals surface area contributed by atoms with E-state index in [1.165, 1.54) is 0 Å². The molecule has 1 aliphatic carbocycles. The van der Waals surface area contributed by atoms with Crippen LogP contribution in [0.4, 0.5) is 0 Å². The van der Waals surface area contributed by atoms with E-state index in [2.05, 4.69) is 9.98 Å². The lowest BCUT2D eigenvalue weighted by molar-refractivity contribution is -0.109. The molecule has 4 heteroatoms. The van der Waals surface area contributed by atoms with Crippen LogP contribution in [0.2, 0.25) is 0 Å². The zero-order valence-corrected chi connectivity index (χ0v) is 7.34. The van der Waals surface area contributed by atoms with Crippen LogP contribution < -0.4 is 9.88 Å². The third-order valence-corrected chi connectivity index (χ3v) is 2.95. The van der Waals surface area contributed by atoms with Crippen molar-refractivity contribution in [1.82, 2.24) is 4.98 Å². The fourth-order valence-electron chi connectivity index (χ4n) is 1.46. The fraction of sp³-hybridized carbons (Fsp3) is 0. The number of nitrogens with zero attached hydrogens (tertiary/aromatic N) is 2. The molecule has 0 bridgehead atoms. The summed E-state index contributed by atoms with van der Waals surface area (Å²) < 4.78 is 1.05. The molecule has 1 aromatic rings. The van der Waals surface area contributed by atoms with E-state index in [0.717, 1.165) is 15.5 Å². The number of carbonyl (C=O) groups excluding carboxylic acids is 1. The van der Waals surface area contributed by atoms with Gasteiger partial charge >= 0.3 is 0 Å². The van der Waals surface area contributed by atoms with Gasteiger partial charge in [0.1, 0.15) is 0 Å². The number of Topliss-reactive ketones (excluding diaryl/α,β-unsaturated/α-hetero) is 1. The molecule has 0 atom stereocenters. The van der Waals surface area contributed by atoms with Crippen LogP contribution in [-0.2, 0) is 4.79 Å². The van der Waals surface area contributed by atoms with Crippen molar-refractivity contribution in [3.05, 3.63) is 27.2 Å². The van der Waals surface area contributed by atoms with Crippen molar-refractivity contribution in [1.29, 1.82) is 0 Å². The van der Waals surface area contributed by atoms with Crippen molar-refractivity contribution >= 4 is 35.0 Å². The van der Waals surface area contributed by atoms with E-state index < -0.39 is 0 Å². The zero-order chi connectivity index (χ0) is 8.84. The first-order valence-corrected chi connectivity index (χ1v) is 4.68. The SMILES string of the molecule is O=C1C=c2ncsc2=C2C=NC=C12. The first-order chi connectivity index (χ1) is 6.36. The smallest absolute Gasteiger partial charge is 0.190 e. The fourth-order valence-corrected chi connectivity index (χ4v) is 2.26. The van der Waals surface area contributed by atoms with E-state index in [-0.39, 0.29) is 5.78 Å². The Morgan fingerprint density at radius 3 is 3.23 bits per heavy atom. The Labute approximate surface area is 77.5 Å². The summed E-state index contributed by atoms with van der Waals surface area (Å²) in [5.41, 5.74) is 3.36. The van der Waals surface area contributed by atoms with Gasteiger partial charge in [-0.05, 0) is 0 Å². The maximum Gasteiger partial charge on any atom is 0.190 e. The predicted molar refractivity (Wildman–Crippen MR) is 50.8 cm³/mol. The number of thiazole rings is 1. The maximum atomic E-state index is 11.5. The second-order valence-corrected chi connectivity index (χ2v) is 3.66. The first kappa shape index (κ1) is 6.91.